The smallest absolute Gasteiger partial charge is 0.261 e. The number of sulfonamides is 1. The number of nitrogens with one attached hydrogen (secondary N) is 2. The molecule has 0 saturated carbocycles. The van der Waals surface area contributed by atoms with E-state index in [1.54, 1.807) is 72.8 Å². The van der Waals surface area contributed by atoms with E-state index in [1.165, 1.54) is 12.1 Å². The van der Waals surface area contributed by atoms with E-state index in [4.69, 9.17) is 4.74 Å². The Hall–Kier alpha value is -3.58. The van der Waals surface area contributed by atoms with Crippen LogP contribution in [0.25, 0.3) is 0 Å². The zero-order chi connectivity index (χ0) is 20.7. The minimum atomic E-state index is -3.82. The fraction of sp³-hybridized carbons (Fsp3) is 0.0455. The van der Waals surface area contributed by atoms with Gasteiger partial charge in [-0.1, -0.05) is 49.1 Å². The number of hydrogen-bond acceptors (Lipinski definition) is 4. The standard InChI is InChI=1S/C22H20N2O4S/c1-2-15-28-18-10-8-9-17(16-18)23-22(25)20-13-6-7-14-21(20)24-29(26,27)19-11-4-3-5-12-19/h2-14,16,24H,1,15H2,(H,23,25). The predicted octanol–water partition coefficient (Wildman–Crippen LogP) is 4.30. The minimum Gasteiger partial charge on any atom is -0.489 e. The highest BCUT2D eigenvalue weighted by molar-refractivity contribution is 7.92. The Morgan fingerprint density at radius 2 is 1.69 bits per heavy atom. The van der Waals surface area contributed by atoms with Crippen LogP contribution in [-0.2, 0) is 10.0 Å². The molecule has 0 heterocycles. The van der Waals surface area contributed by atoms with Crippen molar-refractivity contribution in [2.24, 2.45) is 0 Å². The van der Waals surface area contributed by atoms with Gasteiger partial charge >= 0.3 is 0 Å². The second-order valence-electron chi connectivity index (χ2n) is 6.05. The summed E-state index contributed by atoms with van der Waals surface area (Å²) in [5.41, 5.74) is 0.912. The van der Waals surface area contributed by atoms with Crippen LogP contribution in [0.2, 0.25) is 0 Å². The van der Waals surface area contributed by atoms with Gasteiger partial charge in [-0.15, -0.1) is 0 Å². The first-order chi connectivity index (χ1) is 14.0. The number of hydrogen-bond donors (Lipinski definition) is 2. The summed E-state index contributed by atoms with van der Waals surface area (Å²) in [6, 6.07) is 21.3. The number of carbonyl (C=O) groups excluding carboxylic acids is 1. The van der Waals surface area contributed by atoms with Gasteiger partial charge < -0.3 is 10.1 Å². The molecule has 0 saturated heterocycles. The molecule has 0 spiro atoms. The van der Waals surface area contributed by atoms with Gasteiger partial charge in [0, 0.05) is 11.8 Å². The van der Waals surface area contributed by atoms with Crippen molar-refractivity contribution in [1.82, 2.24) is 0 Å². The van der Waals surface area contributed by atoms with Gasteiger partial charge in [0.05, 0.1) is 16.1 Å². The summed E-state index contributed by atoms with van der Waals surface area (Å²) in [6.45, 7) is 3.94. The number of rotatable bonds is 8. The van der Waals surface area contributed by atoms with Gasteiger partial charge in [-0.05, 0) is 36.4 Å². The summed E-state index contributed by atoms with van der Waals surface area (Å²) in [7, 11) is -3.82. The third kappa shape index (κ3) is 5.24. The Bertz CT molecular complexity index is 1110. The van der Waals surface area contributed by atoms with Crippen LogP contribution in [0, 0.1) is 0 Å². The third-order valence-corrected chi connectivity index (χ3v) is 5.31. The Morgan fingerprint density at radius 3 is 2.45 bits per heavy atom. The van der Waals surface area contributed by atoms with Gasteiger partial charge in [-0.3, -0.25) is 9.52 Å². The van der Waals surface area contributed by atoms with Gasteiger partial charge in [-0.25, -0.2) is 8.42 Å². The number of para-hydroxylation sites is 1. The van der Waals surface area contributed by atoms with Crippen LogP contribution in [0.1, 0.15) is 10.4 Å². The number of amides is 1. The monoisotopic (exact) mass is 408 g/mol. The van der Waals surface area contributed by atoms with Crippen molar-refractivity contribution in [2.45, 2.75) is 4.90 Å². The highest BCUT2D eigenvalue weighted by Gasteiger charge is 2.18. The molecule has 3 aromatic rings. The average Bonchev–Trinajstić information content (AvgIpc) is 2.73. The second-order valence-corrected chi connectivity index (χ2v) is 7.73. The summed E-state index contributed by atoms with van der Waals surface area (Å²) in [5, 5.41) is 2.76. The van der Waals surface area contributed by atoms with E-state index in [0.29, 0.717) is 18.0 Å². The zero-order valence-corrected chi connectivity index (χ0v) is 16.4. The number of ether oxygens (including phenoxy) is 1. The lowest BCUT2D eigenvalue weighted by Gasteiger charge is -2.13. The van der Waals surface area contributed by atoms with Crippen LogP contribution in [0.15, 0.2) is 96.4 Å². The predicted molar refractivity (Wildman–Crippen MR) is 114 cm³/mol. The highest BCUT2D eigenvalue weighted by atomic mass is 32.2. The second kappa shape index (κ2) is 9.07. The number of anilines is 2. The molecule has 0 aromatic heterocycles. The van der Waals surface area contributed by atoms with Crippen LogP contribution >= 0.6 is 0 Å². The molecule has 0 aliphatic rings. The molecule has 2 N–H and O–H groups in total. The van der Waals surface area contributed by atoms with Crippen LogP contribution in [0.4, 0.5) is 11.4 Å². The Kier molecular flexibility index (Phi) is 6.31. The molecule has 1 amide bonds. The minimum absolute atomic E-state index is 0.113. The molecule has 7 heteroatoms. The largest absolute Gasteiger partial charge is 0.489 e. The lowest BCUT2D eigenvalue weighted by molar-refractivity contribution is 0.102. The molecule has 0 fully saturated rings. The Morgan fingerprint density at radius 1 is 0.966 bits per heavy atom. The van der Waals surface area contributed by atoms with E-state index in [-0.39, 0.29) is 16.1 Å². The summed E-state index contributed by atoms with van der Waals surface area (Å²) in [6.07, 6.45) is 1.63. The fourth-order valence-electron chi connectivity index (χ4n) is 2.59. The highest BCUT2D eigenvalue weighted by Crippen LogP contribution is 2.23. The maximum Gasteiger partial charge on any atom is 0.261 e. The first-order valence-corrected chi connectivity index (χ1v) is 10.3. The molecule has 6 nitrogen and oxygen atoms in total. The maximum absolute atomic E-state index is 12.8. The van der Waals surface area contributed by atoms with E-state index in [0.717, 1.165) is 0 Å². The van der Waals surface area contributed by atoms with Crippen molar-refractivity contribution in [2.75, 3.05) is 16.6 Å². The summed E-state index contributed by atoms with van der Waals surface area (Å²) >= 11 is 0. The molecular weight excluding hydrogens is 388 g/mol. The topological polar surface area (TPSA) is 84.5 Å². The van der Waals surface area contributed by atoms with Crippen LogP contribution in [0.5, 0.6) is 5.75 Å². The quantitative estimate of drug-likeness (QED) is 0.544. The molecule has 0 radical (unpaired) electrons. The molecule has 29 heavy (non-hydrogen) atoms. The van der Waals surface area contributed by atoms with Crippen molar-refractivity contribution < 1.29 is 17.9 Å². The molecule has 148 valence electrons. The third-order valence-electron chi connectivity index (χ3n) is 3.93. The zero-order valence-electron chi connectivity index (χ0n) is 15.5. The van der Waals surface area contributed by atoms with Gasteiger partial charge in [0.15, 0.2) is 0 Å². The average molecular weight is 408 g/mol. The molecule has 3 aromatic carbocycles. The Labute approximate surface area is 169 Å². The SMILES string of the molecule is C=CCOc1cccc(NC(=O)c2ccccc2NS(=O)(=O)c2ccccc2)c1. The van der Waals surface area contributed by atoms with Crippen LogP contribution < -0.4 is 14.8 Å². The van der Waals surface area contributed by atoms with Gasteiger partial charge in [-0.2, -0.15) is 0 Å². The van der Waals surface area contributed by atoms with Crippen LogP contribution in [0.3, 0.4) is 0 Å². The molecule has 0 aliphatic heterocycles. The summed E-state index contributed by atoms with van der Waals surface area (Å²) in [4.78, 5) is 12.9. The van der Waals surface area contributed by atoms with Crippen LogP contribution in [-0.4, -0.2) is 20.9 Å². The number of carbonyl (C=O) groups is 1. The summed E-state index contributed by atoms with van der Waals surface area (Å²) in [5.74, 6) is 0.137. The van der Waals surface area contributed by atoms with E-state index in [9.17, 15) is 13.2 Å². The van der Waals surface area contributed by atoms with Gasteiger partial charge in [0.2, 0.25) is 0 Å². The molecule has 0 aliphatic carbocycles. The van der Waals surface area contributed by atoms with Crippen molar-refractivity contribution in [1.29, 1.82) is 0 Å². The normalized spacial score (nSPS) is 10.8. The van der Waals surface area contributed by atoms with E-state index >= 15 is 0 Å². The molecule has 0 unspecified atom stereocenters. The summed E-state index contributed by atoms with van der Waals surface area (Å²) < 4.78 is 33.2. The molecule has 3 rings (SSSR count). The first kappa shape index (κ1) is 20.2. The number of benzene rings is 3. The van der Waals surface area contributed by atoms with E-state index in [1.807, 2.05) is 0 Å². The fourth-order valence-corrected chi connectivity index (χ4v) is 3.69. The maximum atomic E-state index is 12.8. The molecule has 0 bridgehead atoms. The molecular formula is C22H20N2O4S. The molecule has 0 atom stereocenters. The van der Waals surface area contributed by atoms with Gasteiger partial charge in [0.1, 0.15) is 12.4 Å². The lowest BCUT2D eigenvalue weighted by atomic mass is 10.1. The first-order valence-electron chi connectivity index (χ1n) is 8.81. The van der Waals surface area contributed by atoms with Crippen molar-refractivity contribution >= 4 is 27.3 Å². The van der Waals surface area contributed by atoms with Crippen molar-refractivity contribution in [3.05, 3.63) is 97.1 Å². The van der Waals surface area contributed by atoms with E-state index in [2.05, 4.69) is 16.6 Å². The van der Waals surface area contributed by atoms with E-state index < -0.39 is 15.9 Å². The lowest BCUT2D eigenvalue weighted by Crippen LogP contribution is -2.18. The van der Waals surface area contributed by atoms with Crippen molar-refractivity contribution in [3.63, 3.8) is 0 Å². The van der Waals surface area contributed by atoms with Gasteiger partial charge in [0.25, 0.3) is 15.9 Å². The van der Waals surface area contributed by atoms with Crippen molar-refractivity contribution in [3.8, 4) is 5.75 Å². The Balaban J connectivity index is 1.82.